The normalized spacial score (nSPS) is 12.6. The summed E-state index contributed by atoms with van der Waals surface area (Å²) < 4.78 is 0. The second-order valence-electron chi connectivity index (χ2n) is 4.63. The molecule has 1 atom stereocenters. The number of fused-ring (bicyclic) bond motifs is 1. The van der Waals surface area contributed by atoms with E-state index in [0.717, 1.165) is 30.6 Å². The van der Waals surface area contributed by atoms with E-state index in [2.05, 4.69) is 30.8 Å². The molecule has 0 fully saturated rings. The van der Waals surface area contributed by atoms with Gasteiger partial charge in [0.2, 0.25) is 5.95 Å². The molecule has 19 heavy (non-hydrogen) atoms. The Hall–Kier alpha value is -1.89. The molecule has 0 aliphatic heterocycles. The maximum absolute atomic E-state index is 8.97. The molecule has 4 N–H and O–H groups in total. The monoisotopic (exact) mass is 264 g/mol. The summed E-state index contributed by atoms with van der Waals surface area (Å²) in [4.78, 5) is 8.66. The van der Waals surface area contributed by atoms with E-state index >= 15 is 0 Å². The van der Waals surface area contributed by atoms with Crippen LogP contribution in [0, 0.1) is 5.92 Å². The van der Waals surface area contributed by atoms with Crippen LogP contribution in [0.4, 0.5) is 11.8 Å². The summed E-state index contributed by atoms with van der Waals surface area (Å²) in [6.07, 6.45) is 3.69. The molecule has 2 rings (SSSR count). The molecule has 1 unspecified atom stereocenters. The molecule has 0 aliphatic rings. The summed E-state index contributed by atoms with van der Waals surface area (Å²) in [5, 5.41) is 22.9. The minimum atomic E-state index is 0.239. The van der Waals surface area contributed by atoms with Crippen molar-refractivity contribution in [2.24, 2.45) is 5.92 Å². The Morgan fingerprint density at radius 3 is 3.00 bits per heavy atom. The minimum Gasteiger partial charge on any atom is -0.396 e. The van der Waals surface area contributed by atoms with Crippen molar-refractivity contribution in [3.8, 4) is 0 Å². The standard InChI is InChI=1S/C12H20N6O/c1-8(7-19)4-3-5-14-10-9-6-15-18-11(9)17-12(13-2)16-10/h6,8,19H,3-5,7H2,1-2H3,(H3,13,14,15,16,17,18). The van der Waals surface area contributed by atoms with Crippen molar-refractivity contribution in [3.63, 3.8) is 0 Å². The lowest BCUT2D eigenvalue weighted by Crippen LogP contribution is -2.09. The quantitative estimate of drug-likeness (QED) is 0.561. The summed E-state index contributed by atoms with van der Waals surface area (Å²) in [5.74, 6) is 1.68. The van der Waals surface area contributed by atoms with E-state index in [1.54, 1.807) is 13.2 Å². The van der Waals surface area contributed by atoms with Crippen LogP contribution in [0.1, 0.15) is 19.8 Å². The maximum atomic E-state index is 8.97. The highest BCUT2D eigenvalue weighted by Crippen LogP contribution is 2.19. The number of nitrogens with zero attached hydrogens (tertiary/aromatic N) is 3. The van der Waals surface area contributed by atoms with Gasteiger partial charge in [-0.25, -0.2) is 0 Å². The third-order valence-electron chi connectivity index (χ3n) is 3.01. The first-order chi connectivity index (χ1) is 9.24. The zero-order chi connectivity index (χ0) is 13.7. The molecule has 2 aromatic heterocycles. The van der Waals surface area contributed by atoms with Gasteiger partial charge in [0.25, 0.3) is 0 Å². The van der Waals surface area contributed by atoms with Crippen molar-refractivity contribution in [2.75, 3.05) is 30.8 Å². The number of rotatable bonds is 7. The molecule has 0 amide bonds. The molecule has 0 saturated carbocycles. The van der Waals surface area contributed by atoms with Crippen LogP contribution in [0.2, 0.25) is 0 Å². The Bertz CT molecular complexity index is 526. The highest BCUT2D eigenvalue weighted by Gasteiger charge is 2.08. The Kier molecular flexibility index (Phi) is 4.51. The summed E-state index contributed by atoms with van der Waals surface area (Å²) in [7, 11) is 1.78. The Balaban J connectivity index is 2.01. The van der Waals surface area contributed by atoms with E-state index < -0.39 is 0 Å². The van der Waals surface area contributed by atoms with Crippen LogP contribution in [0.15, 0.2) is 6.20 Å². The Morgan fingerprint density at radius 1 is 1.42 bits per heavy atom. The van der Waals surface area contributed by atoms with Gasteiger partial charge >= 0.3 is 0 Å². The average Bonchev–Trinajstić information content (AvgIpc) is 2.91. The van der Waals surface area contributed by atoms with Gasteiger partial charge in [0.15, 0.2) is 5.65 Å². The fraction of sp³-hybridized carbons (Fsp3) is 0.583. The zero-order valence-corrected chi connectivity index (χ0v) is 11.3. The van der Waals surface area contributed by atoms with Gasteiger partial charge in [-0.3, -0.25) is 5.10 Å². The molecule has 0 aromatic carbocycles. The van der Waals surface area contributed by atoms with Crippen molar-refractivity contribution in [1.29, 1.82) is 0 Å². The first kappa shape index (κ1) is 13.5. The fourth-order valence-corrected chi connectivity index (χ4v) is 1.83. The van der Waals surface area contributed by atoms with Crippen molar-refractivity contribution < 1.29 is 5.11 Å². The van der Waals surface area contributed by atoms with Crippen molar-refractivity contribution in [2.45, 2.75) is 19.8 Å². The smallest absolute Gasteiger partial charge is 0.226 e. The Labute approximate surface area is 111 Å². The number of anilines is 2. The topological polar surface area (TPSA) is 98.8 Å². The molecule has 7 nitrogen and oxygen atoms in total. The first-order valence-corrected chi connectivity index (χ1v) is 6.48. The van der Waals surface area contributed by atoms with Crippen LogP contribution < -0.4 is 10.6 Å². The van der Waals surface area contributed by atoms with Crippen LogP contribution in [0.25, 0.3) is 11.0 Å². The van der Waals surface area contributed by atoms with Crippen LogP contribution in [-0.2, 0) is 0 Å². The van der Waals surface area contributed by atoms with Gasteiger partial charge < -0.3 is 15.7 Å². The Morgan fingerprint density at radius 2 is 2.26 bits per heavy atom. The molecule has 0 saturated heterocycles. The predicted octanol–water partition coefficient (Wildman–Crippen LogP) is 1.22. The third kappa shape index (κ3) is 3.31. The highest BCUT2D eigenvalue weighted by molar-refractivity contribution is 5.86. The molecule has 0 radical (unpaired) electrons. The van der Waals surface area contributed by atoms with E-state index in [9.17, 15) is 0 Å². The van der Waals surface area contributed by atoms with Crippen molar-refractivity contribution in [3.05, 3.63) is 6.20 Å². The van der Waals surface area contributed by atoms with Gasteiger partial charge in [-0.1, -0.05) is 6.92 Å². The fourth-order valence-electron chi connectivity index (χ4n) is 1.83. The van der Waals surface area contributed by atoms with Crippen LogP contribution in [-0.4, -0.2) is 45.5 Å². The van der Waals surface area contributed by atoms with E-state index in [1.165, 1.54) is 0 Å². The number of aromatic nitrogens is 4. The number of hydrogen-bond donors (Lipinski definition) is 4. The van der Waals surface area contributed by atoms with E-state index in [0.29, 0.717) is 17.5 Å². The SMILES string of the molecule is CNc1nc(NCCCC(C)CO)c2cn[nH]c2n1. The van der Waals surface area contributed by atoms with Gasteiger partial charge in [0, 0.05) is 20.2 Å². The lowest BCUT2D eigenvalue weighted by atomic mass is 10.1. The van der Waals surface area contributed by atoms with Gasteiger partial charge in [-0.15, -0.1) is 0 Å². The molecule has 2 aromatic rings. The number of nitrogens with one attached hydrogen (secondary N) is 3. The molecule has 104 valence electrons. The molecule has 2 heterocycles. The molecule has 0 bridgehead atoms. The van der Waals surface area contributed by atoms with Crippen LogP contribution in [0.3, 0.4) is 0 Å². The van der Waals surface area contributed by atoms with Gasteiger partial charge in [-0.05, 0) is 18.8 Å². The predicted molar refractivity (Wildman–Crippen MR) is 75.2 cm³/mol. The second-order valence-corrected chi connectivity index (χ2v) is 4.63. The third-order valence-corrected chi connectivity index (χ3v) is 3.01. The van der Waals surface area contributed by atoms with Crippen LogP contribution >= 0.6 is 0 Å². The van der Waals surface area contributed by atoms with Crippen LogP contribution in [0.5, 0.6) is 0 Å². The summed E-state index contributed by atoms with van der Waals surface area (Å²) >= 11 is 0. The van der Waals surface area contributed by atoms with Gasteiger partial charge in [-0.2, -0.15) is 15.1 Å². The largest absolute Gasteiger partial charge is 0.396 e. The van der Waals surface area contributed by atoms with Gasteiger partial charge in [0.05, 0.1) is 11.6 Å². The average molecular weight is 264 g/mol. The summed E-state index contributed by atoms with van der Waals surface area (Å²) in [6, 6.07) is 0. The first-order valence-electron chi connectivity index (χ1n) is 6.48. The second kappa shape index (κ2) is 6.33. The van der Waals surface area contributed by atoms with E-state index in [1.807, 2.05) is 6.92 Å². The lowest BCUT2D eigenvalue weighted by Gasteiger charge is -2.10. The maximum Gasteiger partial charge on any atom is 0.226 e. The summed E-state index contributed by atoms with van der Waals surface area (Å²) in [5.41, 5.74) is 0.713. The highest BCUT2D eigenvalue weighted by atomic mass is 16.3. The minimum absolute atomic E-state index is 0.239. The van der Waals surface area contributed by atoms with Crippen molar-refractivity contribution >= 4 is 22.8 Å². The van der Waals surface area contributed by atoms with E-state index in [-0.39, 0.29) is 6.61 Å². The number of hydrogen-bond acceptors (Lipinski definition) is 6. The van der Waals surface area contributed by atoms with Crippen molar-refractivity contribution in [1.82, 2.24) is 20.2 Å². The molecule has 0 spiro atoms. The van der Waals surface area contributed by atoms with E-state index in [4.69, 9.17) is 5.11 Å². The summed E-state index contributed by atoms with van der Waals surface area (Å²) in [6.45, 7) is 3.09. The molecule has 0 aliphatic carbocycles. The number of aromatic amines is 1. The molecule has 7 heteroatoms. The number of H-pyrrole nitrogens is 1. The zero-order valence-electron chi connectivity index (χ0n) is 11.3. The number of aliphatic hydroxyl groups is 1. The molecular formula is C12H20N6O. The lowest BCUT2D eigenvalue weighted by molar-refractivity contribution is 0.229. The molecular weight excluding hydrogens is 244 g/mol. The van der Waals surface area contributed by atoms with Gasteiger partial charge in [0.1, 0.15) is 5.82 Å². The number of aliphatic hydroxyl groups excluding tert-OH is 1.